The summed E-state index contributed by atoms with van der Waals surface area (Å²) < 4.78 is 25.3. The Labute approximate surface area is 217 Å². The lowest BCUT2D eigenvalue weighted by Gasteiger charge is -2.30. The number of imidazole rings is 1. The summed E-state index contributed by atoms with van der Waals surface area (Å²) in [7, 11) is 1.64. The summed E-state index contributed by atoms with van der Waals surface area (Å²) in [6.07, 6.45) is 4.66. The monoisotopic (exact) mass is 515 g/mol. The fourth-order valence-electron chi connectivity index (χ4n) is 4.30. The Morgan fingerprint density at radius 1 is 1.17 bits per heavy atom. The van der Waals surface area contributed by atoms with E-state index in [1.807, 2.05) is 42.7 Å². The zero-order chi connectivity index (χ0) is 25.4. The van der Waals surface area contributed by atoms with Gasteiger partial charge in [-0.25, -0.2) is 4.98 Å². The van der Waals surface area contributed by atoms with Gasteiger partial charge in [0.05, 0.1) is 26.9 Å². The third-order valence-electron chi connectivity index (χ3n) is 6.09. The number of aromatic nitrogens is 2. The first-order valence-corrected chi connectivity index (χ1v) is 12.6. The van der Waals surface area contributed by atoms with Gasteiger partial charge >= 0.3 is 0 Å². The Morgan fingerprint density at radius 3 is 2.86 bits per heavy atom. The molecule has 0 aliphatic carbocycles. The number of rotatable bonds is 11. The number of benzene rings is 2. The van der Waals surface area contributed by atoms with Crippen LogP contribution < -0.4 is 14.2 Å². The van der Waals surface area contributed by atoms with Crippen LogP contribution in [0.5, 0.6) is 17.2 Å². The molecule has 2 aromatic carbocycles. The van der Waals surface area contributed by atoms with E-state index in [0.717, 1.165) is 17.8 Å². The van der Waals surface area contributed by atoms with Crippen LogP contribution in [0.1, 0.15) is 18.3 Å². The first-order chi connectivity index (χ1) is 17.5. The van der Waals surface area contributed by atoms with Gasteiger partial charge in [-0.3, -0.25) is 4.90 Å². The smallest absolute Gasteiger partial charge is 0.161 e. The highest BCUT2D eigenvalue weighted by Crippen LogP contribution is 2.29. The van der Waals surface area contributed by atoms with Crippen molar-refractivity contribution in [3.63, 3.8) is 0 Å². The molecule has 1 aromatic heterocycles. The zero-order valence-corrected chi connectivity index (χ0v) is 21.6. The van der Waals surface area contributed by atoms with E-state index < -0.39 is 5.60 Å². The number of methoxy groups -OCH3 is 1. The lowest BCUT2D eigenvalue weighted by Crippen LogP contribution is -2.48. The van der Waals surface area contributed by atoms with Crippen molar-refractivity contribution >= 4 is 11.6 Å². The fraction of sp³-hybridized carbons (Fsp3) is 0.444. The summed E-state index contributed by atoms with van der Waals surface area (Å²) in [5, 5.41) is 11.8. The van der Waals surface area contributed by atoms with Crippen LogP contribution in [0.4, 0.5) is 0 Å². The van der Waals surface area contributed by atoms with Gasteiger partial charge in [-0.1, -0.05) is 30.7 Å². The van der Waals surface area contributed by atoms with Crippen LogP contribution in [0, 0.1) is 0 Å². The van der Waals surface area contributed by atoms with E-state index in [0.29, 0.717) is 61.7 Å². The molecule has 3 aromatic rings. The highest BCUT2D eigenvalue weighted by Gasteiger charge is 2.33. The molecule has 0 unspecified atom stereocenters. The Morgan fingerprint density at radius 2 is 2.06 bits per heavy atom. The summed E-state index contributed by atoms with van der Waals surface area (Å²) in [6, 6.07) is 13.1. The molecule has 0 saturated carbocycles. The molecule has 0 radical (unpaired) electrons. The van der Waals surface area contributed by atoms with E-state index in [1.165, 1.54) is 0 Å². The Bertz CT molecular complexity index is 1120. The number of hydrogen-bond acceptors (Lipinski definition) is 7. The first-order valence-electron chi connectivity index (χ1n) is 12.2. The largest absolute Gasteiger partial charge is 0.493 e. The fourth-order valence-corrected chi connectivity index (χ4v) is 4.48. The van der Waals surface area contributed by atoms with Crippen LogP contribution in [0.2, 0.25) is 5.02 Å². The van der Waals surface area contributed by atoms with E-state index in [-0.39, 0.29) is 13.2 Å². The van der Waals surface area contributed by atoms with Gasteiger partial charge in [0, 0.05) is 43.5 Å². The summed E-state index contributed by atoms with van der Waals surface area (Å²) in [4.78, 5) is 6.52. The lowest BCUT2D eigenvalue weighted by molar-refractivity contribution is -0.0646. The van der Waals surface area contributed by atoms with E-state index in [2.05, 4.69) is 21.4 Å². The number of hydrogen-bond donors (Lipinski definition) is 1. The van der Waals surface area contributed by atoms with Gasteiger partial charge in [-0.15, -0.1) is 0 Å². The summed E-state index contributed by atoms with van der Waals surface area (Å²) in [5.74, 6) is 3.03. The number of halogens is 1. The molecule has 1 fully saturated rings. The minimum absolute atomic E-state index is 0.106. The number of ether oxygens (including phenoxy) is 4. The van der Waals surface area contributed by atoms with Crippen molar-refractivity contribution in [2.45, 2.75) is 32.0 Å². The Kier molecular flexibility index (Phi) is 9.09. The minimum Gasteiger partial charge on any atom is -0.493 e. The number of β-amino-alcohol motifs (C(OH)–C–C–N with tert-alkyl or cyclic N) is 1. The predicted molar refractivity (Wildman–Crippen MR) is 138 cm³/mol. The number of nitrogens with zero attached hydrogens (tertiary/aromatic N) is 3. The standard InChI is InChI=1S/C27H34ClN3O5/c1-3-26-29-9-10-31(26)12-14-35-25-15-21(7-8-24(25)33-2)17-30-11-13-34-19-27(32,18-30)20-36-23-6-4-5-22(28)16-23/h4-10,15-16,32H,3,11-14,17-20H2,1-2H3/t27-/m0/s1. The van der Waals surface area contributed by atoms with Gasteiger partial charge < -0.3 is 28.6 Å². The third-order valence-corrected chi connectivity index (χ3v) is 6.32. The van der Waals surface area contributed by atoms with Gasteiger partial charge in [0.2, 0.25) is 0 Å². The second-order valence-corrected chi connectivity index (χ2v) is 9.39. The van der Waals surface area contributed by atoms with E-state index in [1.54, 1.807) is 19.2 Å². The Hall–Kier alpha value is -2.78. The van der Waals surface area contributed by atoms with Crippen molar-refractivity contribution in [2.24, 2.45) is 0 Å². The summed E-state index contributed by atoms with van der Waals surface area (Å²) in [6.45, 7) is 5.88. The topological polar surface area (TPSA) is 78.2 Å². The average molecular weight is 516 g/mol. The Balaban J connectivity index is 1.38. The summed E-state index contributed by atoms with van der Waals surface area (Å²) >= 11 is 6.05. The summed E-state index contributed by atoms with van der Waals surface area (Å²) in [5.41, 5.74) is -0.0884. The molecule has 194 valence electrons. The van der Waals surface area contributed by atoms with Crippen molar-refractivity contribution in [3.05, 3.63) is 71.3 Å². The van der Waals surface area contributed by atoms with E-state index in [4.69, 9.17) is 30.5 Å². The van der Waals surface area contributed by atoms with Gasteiger partial charge in [-0.05, 0) is 35.9 Å². The maximum Gasteiger partial charge on any atom is 0.161 e. The van der Waals surface area contributed by atoms with Gasteiger partial charge in [-0.2, -0.15) is 0 Å². The van der Waals surface area contributed by atoms with Crippen molar-refractivity contribution in [2.75, 3.05) is 46.6 Å². The van der Waals surface area contributed by atoms with Gasteiger partial charge in [0.15, 0.2) is 11.5 Å². The van der Waals surface area contributed by atoms with Crippen molar-refractivity contribution in [1.29, 1.82) is 0 Å². The lowest BCUT2D eigenvalue weighted by atomic mass is 10.1. The molecule has 8 nitrogen and oxygen atoms in total. The van der Waals surface area contributed by atoms with Crippen molar-refractivity contribution < 1.29 is 24.1 Å². The molecular formula is C27H34ClN3O5. The van der Waals surface area contributed by atoms with Crippen LogP contribution in [-0.4, -0.2) is 71.8 Å². The molecule has 4 rings (SSSR count). The normalized spacial score (nSPS) is 18.6. The highest BCUT2D eigenvalue weighted by atomic mass is 35.5. The highest BCUT2D eigenvalue weighted by molar-refractivity contribution is 6.30. The molecule has 36 heavy (non-hydrogen) atoms. The molecule has 0 spiro atoms. The van der Waals surface area contributed by atoms with Crippen LogP contribution >= 0.6 is 11.6 Å². The first kappa shape index (κ1) is 26.3. The second-order valence-electron chi connectivity index (χ2n) is 8.96. The number of aryl methyl sites for hydroxylation is 1. The number of aliphatic hydroxyl groups is 1. The molecule has 0 bridgehead atoms. The van der Waals surface area contributed by atoms with Crippen molar-refractivity contribution in [3.8, 4) is 17.2 Å². The van der Waals surface area contributed by atoms with Crippen molar-refractivity contribution in [1.82, 2.24) is 14.5 Å². The molecule has 0 amide bonds. The molecule has 1 N–H and O–H groups in total. The quantitative estimate of drug-likeness (QED) is 0.416. The SMILES string of the molecule is CCc1nccn1CCOc1cc(CN2CCOC[C@](O)(COc3cccc(Cl)c3)C2)ccc1OC. The molecule has 9 heteroatoms. The minimum atomic E-state index is -1.15. The predicted octanol–water partition coefficient (Wildman–Crippen LogP) is 3.83. The average Bonchev–Trinajstić information content (AvgIpc) is 3.25. The molecule has 1 atom stereocenters. The molecule has 1 saturated heterocycles. The van der Waals surface area contributed by atoms with E-state index in [9.17, 15) is 5.11 Å². The second kappa shape index (κ2) is 12.5. The van der Waals surface area contributed by atoms with E-state index >= 15 is 0 Å². The van der Waals surface area contributed by atoms with Crippen LogP contribution in [-0.2, 0) is 24.2 Å². The maximum atomic E-state index is 11.2. The maximum absolute atomic E-state index is 11.2. The molecular weight excluding hydrogens is 482 g/mol. The molecule has 1 aliphatic heterocycles. The molecule has 1 aliphatic rings. The zero-order valence-electron chi connectivity index (χ0n) is 20.9. The van der Waals surface area contributed by atoms with Gasteiger partial charge in [0.1, 0.15) is 30.4 Å². The van der Waals surface area contributed by atoms with Crippen LogP contribution in [0.3, 0.4) is 0 Å². The van der Waals surface area contributed by atoms with Crippen LogP contribution in [0.25, 0.3) is 0 Å². The molecule has 2 heterocycles. The third kappa shape index (κ3) is 7.13. The van der Waals surface area contributed by atoms with Gasteiger partial charge in [0.25, 0.3) is 0 Å². The van der Waals surface area contributed by atoms with Crippen LogP contribution in [0.15, 0.2) is 54.9 Å².